The molecular formula is C21H15BrN4. The lowest BCUT2D eigenvalue weighted by molar-refractivity contribution is 0.741. The molecular weight excluding hydrogens is 388 g/mol. The molecule has 2 aliphatic heterocycles. The fourth-order valence-electron chi connectivity index (χ4n) is 3.61. The third-order valence-corrected chi connectivity index (χ3v) is 5.40. The normalized spacial score (nSPS) is 21.1. The van der Waals surface area contributed by atoms with Crippen molar-refractivity contribution in [3.05, 3.63) is 88.4 Å². The Labute approximate surface area is 159 Å². The number of fused-ring (bicyclic) bond motifs is 2. The Kier molecular flexibility index (Phi) is 3.68. The first-order chi connectivity index (χ1) is 12.8. The molecule has 0 aromatic heterocycles. The number of hydrogen-bond acceptors (Lipinski definition) is 4. The largest absolute Gasteiger partial charge is 0.244 e. The molecule has 126 valence electrons. The molecule has 2 heterocycles. The second kappa shape index (κ2) is 6.18. The van der Waals surface area contributed by atoms with E-state index in [1.165, 1.54) is 16.3 Å². The smallest absolute Gasteiger partial charge is 0.152 e. The van der Waals surface area contributed by atoms with Crippen LogP contribution in [0.1, 0.15) is 17.0 Å². The van der Waals surface area contributed by atoms with Crippen LogP contribution >= 0.6 is 15.9 Å². The summed E-state index contributed by atoms with van der Waals surface area (Å²) in [6, 6.07) is 23.0. The van der Waals surface area contributed by atoms with E-state index in [9.17, 15) is 0 Å². The number of aliphatic imine (C=N–C) groups is 1. The van der Waals surface area contributed by atoms with Crippen molar-refractivity contribution >= 4 is 38.2 Å². The van der Waals surface area contributed by atoms with Gasteiger partial charge in [-0.15, -0.1) is 0 Å². The highest BCUT2D eigenvalue weighted by molar-refractivity contribution is 9.10. The van der Waals surface area contributed by atoms with Crippen LogP contribution in [-0.2, 0) is 0 Å². The Morgan fingerprint density at radius 2 is 1.69 bits per heavy atom. The molecule has 3 aromatic carbocycles. The summed E-state index contributed by atoms with van der Waals surface area (Å²) in [5.74, 6) is 0.898. The summed E-state index contributed by atoms with van der Waals surface area (Å²) in [5.41, 5.74) is 6.25. The van der Waals surface area contributed by atoms with Crippen LogP contribution in [0.5, 0.6) is 0 Å². The zero-order valence-corrected chi connectivity index (χ0v) is 15.4. The summed E-state index contributed by atoms with van der Waals surface area (Å²) in [6.45, 7) is 0. The van der Waals surface area contributed by atoms with E-state index in [1.54, 1.807) is 0 Å². The van der Waals surface area contributed by atoms with Crippen LogP contribution in [0.2, 0.25) is 0 Å². The number of amidine groups is 1. The standard InChI is InChI=1S/C21H15BrN4/c22-15-10-8-14(9-11-15)19-12-18(20-21(23-19)25-26-24-20)17-7-3-5-13-4-1-2-6-16(13)17/h1-12,18,20H,(H,23,24,25). The lowest BCUT2D eigenvalue weighted by atomic mass is 9.85. The molecule has 0 amide bonds. The molecule has 0 saturated carbocycles. The van der Waals surface area contributed by atoms with Gasteiger partial charge in [0.1, 0.15) is 6.04 Å². The van der Waals surface area contributed by atoms with E-state index in [2.05, 4.69) is 92.4 Å². The molecule has 26 heavy (non-hydrogen) atoms. The van der Waals surface area contributed by atoms with Crippen molar-refractivity contribution in [3.63, 3.8) is 0 Å². The number of benzene rings is 3. The van der Waals surface area contributed by atoms with Crippen LogP contribution in [-0.4, -0.2) is 11.9 Å². The van der Waals surface area contributed by atoms with Gasteiger partial charge in [-0.1, -0.05) is 75.8 Å². The van der Waals surface area contributed by atoms with Crippen LogP contribution < -0.4 is 5.43 Å². The third-order valence-electron chi connectivity index (χ3n) is 4.87. The molecule has 2 aliphatic rings. The third kappa shape index (κ3) is 2.56. The zero-order chi connectivity index (χ0) is 17.5. The topological polar surface area (TPSA) is 49.1 Å². The molecule has 4 nitrogen and oxygen atoms in total. The molecule has 0 radical (unpaired) electrons. The quantitative estimate of drug-likeness (QED) is 0.606. The maximum absolute atomic E-state index is 4.76. The average molecular weight is 403 g/mol. The van der Waals surface area contributed by atoms with Gasteiger partial charge in [-0.2, -0.15) is 5.11 Å². The molecule has 5 rings (SSSR count). The first kappa shape index (κ1) is 15.5. The molecule has 0 saturated heterocycles. The Morgan fingerprint density at radius 1 is 0.885 bits per heavy atom. The van der Waals surface area contributed by atoms with Crippen molar-refractivity contribution in [2.24, 2.45) is 15.3 Å². The van der Waals surface area contributed by atoms with E-state index in [-0.39, 0.29) is 12.0 Å². The average Bonchev–Trinajstić information content (AvgIpc) is 3.16. The first-order valence-corrected chi connectivity index (χ1v) is 9.29. The SMILES string of the molecule is Brc1ccc(C2=CC(c3cccc4ccccc34)C3N=NNC3=N2)cc1. The number of rotatable bonds is 2. The maximum Gasteiger partial charge on any atom is 0.152 e. The van der Waals surface area contributed by atoms with Crippen molar-refractivity contribution in [1.29, 1.82) is 0 Å². The molecule has 1 N–H and O–H groups in total. The van der Waals surface area contributed by atoms with Crippen LogP contribution in [0.3, 0.4) is 0 Å². The zero-order valence-electron chi connectivity index (χ0n) is 13.8. The van der Waals surface area contributed by atoms with Gasteiger partial charge in [-0.3, -0.25) is 0 Å². The second-order valence-corrected chi connectivity index (χ2v) is 7.34. The van der Waals surface area contributed by atoms with Crippen LogP contribution in [0.4, 0.5) is 0 Å². The van der Waals surface area contributed by atoms with Crippen LogP contribution in [0.15, 0.2) is 92.6 Å². The fourth-order valence-corrected chi connectivity index (χ4v) is 3.87. The number of nitrogens with zero attached hydrogens (tertiary/aromatic N) is 3. The van der Waals surface area contributed by atoms with Crippen LogP contribution in [0, 0.1) is 0 Å². The van der Waals surface area contributed by atoms with Gasteiger partial charge >= 0.3 is 0 Å². The highest BCUT2D eigenvalue weighted by atomic mass is 79.9. The van der Waals surface area contributed by atoms with E-state index < -0.39 is 0 Å². The van der Waals surface area contributed by atoms with Gasteiger partial charge in [0.25, 0.3) is 0 Å². The van der Waals surface area contributed by atoms with Crippen molar-refractivity contribution in [1.82, 2.24) is 5.43 Å². The lowest BCUT2D eigenvalue weighted by Gasteiger charge is -2.24. The van der Waals surface area contributed by atoms with E-state index in [0.29, 0.717) is 0 Å². The molecule has 2 atom stereocenters. The molecule has 0 fully saturated rings. The van der Waals surface area contributed by atoms with Gasteiger partial charge in [0.2, 0.25) is 0 Å². The predicted octanol–water partition coefficient (Wildman–Crippen LogP) is 5.48. The lowest BCUT2D eigenvalue weighted by Crippen LogP contribution is -2.31. The Hall–Kier alpha value is -2.79. The fraction of sp³-hybridized carbons (Fsp3) is 0.0952. The molecule has 5 heteroatoms. The minimum absolute atomic E-state index is 0.0889. The second-order valence-electron chi connectivity index (χ2n) is 6.42. The van der Waals surface area contributed by atoms with E-state index in [0.717, 1.165) is 21.6 Å². The molecule has 3 aromatic rings. The van der Waals surface area contributed by atoms with E-state index in [4.69, 9.17) is 4.99 Å². The number of nitrogens with one attached hydrogen (secondary N) is 1. The molecule has 0 bridgehead atoms. The summed E-state index contributed by atoms with van der Waals surface area (Å²) in [6.07, 6.45) is 2.21. The summed E-state index contributed by atoms with van der Waals surface area (Å²) in [4.78, 5) is 4.76. The molecule has 0 spiro atoms. The number of halogens is 1. The van der Waals surface area contributed by atoms with Crippen molar-refractivity contribution < 1.29 is 0 Å². The predicted molar refractivity (Wildman–Crippen MR) is 108 cm³/mol. The molecule has 2 unspecified atom stereocenters. The maximum atomic E-state index is 4.76. The number of hydrogen-bond donors (Lipinski definition) is 1. The minimum Gasteiger partial charge on any atom is -0.244 e. The van der Waals surface area contributed by atoms with E-state index in [1.807, 2.05) is 12.1 Å². The van der Waals surface area contributed by atoms with Gasteiger partial charge in [0.05, 0.1) is 5.70 Å². The Morgan fingerprint density at radius 3 is 2.58 bits per heavy atom. The van der Waals surface area contributed by atoms with Gasteiger partial charge in [-0.05, 0) is 40.1 Å². The van der Waals surface area contributed by atoms with Gasteiger partial charge in [0.15, 0.2) is 5.84 Å². The highest BCUT2D eigenvalue weighted by Crippen LogP contribution is 2.37. The van der Waals surface area contributed by atoms with Gasteiger partial charge < -0.3 is 0 Å². The Bertz CT molecular complexity index is 1080. The summed E-state index contributed by atoms with van der Waals surface area (Å²) in [5, 5.41) is 10.9. The molecule has 0 aliphatic carbocycles. The first-order valence-electron chi connectivity index (χ1n) is 8.49. The monoisotopic (exact) mass is 402 g/mol. The van der Waals surface area contributed by atoms with Gasteiger partial charge in [-0.25, -0.2) is 10.4 Å². The minimum atomic E-state index is -0.0972. The van der Waals surface area contributed by atoms with Crippen molar-refractivity contribution in [3.8, 4) is 0 Å². The van der Waals surface area contributed by atoms with Crippen molar-refractivity contribution in [2.45, 2.75) is 12.0 Å². The van der Waals surface area contributed by atoms with E-state index >= 15 is 0 Å². The Balaban J connectivity index is 1.67. The summed E-state index contributed by atoms with van der Waals surface area (Å²) in [7, 11) is 0. The highest BCUT2D eigenvalue weighted by Gasteiger charge is 2.34. The summed E-state index contributed by atoms with van der Waals surface area (Å²) < 4.78 is 1.05. The van der Waals surface area contributed by atoms with Gasteiger partial charge in [0, 0.05) is 10.4 Å². The summed E-state index contributed by atoms with van der Waals surface area (Å²) >= 11 is 3.49. The van der Waals surface area contributed by atoms with Crippen LogP contribution in [0.25, 0.3) is 16.5 Å². The van der Waals surface area contributed by atoms with Crippen molar-refractivity contribution in [2.75, 3.05) is 0 Å².